The number of hydrogen-bond acceptors (Lipinski definition) is 5. The van der Waals surface area contributed by atoms with Crippen LogP contribution < -0.4 is 4.74 Å². The minimum absolute atomic E-state index is 0.123. The number of ether oxygens (including phenoxy) is 1. The third-order valence-electron chi connectivity index (χ3n) is 4.57. The van der Waals surface area contributed by atoms with Gasteiger partial charge in [0.1, 0.15) is 11.8 Å². The zero-order valence-electron chi connectivity index (χ0n) is 13.8. The lowest BCUT2D eigenvalue weighted by Gasteiger charge is -2.32. The lowest BCUT2D eigenvalue weighted by molar-refractivity contribution is -0.274. The first-order valence-corrected chi connectivity index (χ1v) is 8.17. The van der Waals surface area contributed by atoms with Gasteiger partial charge in [-0.2, -0.15) is 10.4 Å². The molecule has 1 aliphatic rings. The van der Waals surface area contributed by atoms with Crippen LogP contribution in [0.5, 0.6) is 5.75 Å². The summed E-state index contributed by atoms with van der Waals surface area (Å²) in [5.41, 5.74) is 1.97. The van der Waals surface area contributed by atoms with Crippen molar-refractivity contribution in [3.05, 3.63) is 47.8 Å². The third kappa shape index (κ3) is 3.19. The van der Waals surface area contributed by atoms with Crippen molar-refractivity contribution in [3.8, 4) is 17.5 Å². The van der Waals surface area contributed by atoms with Gasteiger partial charge in [-0.25, -0.2) is 9.67 Å². The van der Waals surface area contributed by atoms with Gasteiger partial charge in [-0.1, -0.05) is 0 Å². The van der Waals surface area contributed by atoms with Gasteiger partial charge in [0.25, 0.3) is 0 Å². The first-order valence-electron chi connectivity index (χ1n) is 8.17. The minimum Gasteiger partial charge on any atom is -0.406 e. The van der Waals surface area contributed by atoms with Gasteiger partial charge < -0.3 is 9.84 Å². The van der Waals surface area contributed by atoms with Gasteiger partial charge in [0.05, 0.1) is 17.2 Å². The first-order chi connectivity index (χ1) is 12.9. The molecular weight excluding hydrogens is 361 g/mol. The summed E-state index contributed by atoms with van der Waals surface area (Å²) in [5, 5.41) is 23.9. The molecule has 1 fully saturated rings. The second kappa shape index (κ2) is 6.25. The van der Waals surface area contributed by atoms with E-state index in [1.165, 1.54) is 28.9 Å². The van der Waals surface area contributed by atoms with E-state index < -0.39 is 6.36 Å². The summed E-state index contributed by atoms with van der Waals surface area (Å²) in [5.74, 6) is -0.224. The molecule has 1 N–H and O–H groups in total. The Morgan fingerprint density at radius 1 is 1.19 bits per heavy atom. The maximum Gasteiger partial charge on any atom is 0.573 e. The lowest BCUT2D eigenvalue weighted by Crippen LogP contribution is -2.26. The van der Waals surface area contributed by atoms with Crippen LogP contribution in [-0.4, -0.2) is 32.3 Å². The smallest absolute Gasteiger partial charge is 0.406 e. The fourth-order valence-corrected chi connectivity index (χ4v) is 3.29. The molecule has 0 aliphatic heterocycles. The monoisotopic (exact) mass is 374 g/mol. The molecule has 2 heterocycles. The Kier molecular flexibility index (Phi) is 4.00. The van der Waals surface area contributed by atoms with Crippen molar-refractivity contribution in [2.45, 2.75) is 31.2 Å². The average Bonchev–Trinajstić information content (AvgIpc) is 2.97. The van der Waals surface area contributed by atoms with Crippen LogP contribution in [0.4, 0.5) is 13.2 Å². The van der Waals surface area contributed by atoms with Gasteiger partial charge in [-0.15, -0.1) is 13.2 Å². The number of rotatable bonds is 3. The highest BCUT2D eigenvalue weighted by atomic mass is 19.4. The average molecular weight is 374 g/mol. The van der Waals surface area contributed by atoms with E-state index in [-0.39, 0.29) is 23.5 Å². The quantitative estimate of drug-likeness (QED) is 0.759. The van der Waals surface area contributed by atoms with Crippen LogP contribution in [0.15, 0.2) is 36.5 Å². The minimum atomic E-state index is -4.77. The van der Waals surface area contributed by atoms with Crippen LogP contribution in [0.1, 0.15) is 30.0 Å². The predicted molar refractivity (Wildman–Crippen MR) is 88.2 cm³/mol. The molecule has 3 aromatic rings. The number of benzene rings is 1. The topological polar surface area (TPSA) is 84.0 Å². The van der Waals surface area contributed by atoms with Crippen molar-refractivity contribution in [1.82, 2.24) is 14.8 Å². The van der Waals surface area contributed by atoms with Crippen LogP contribution in [0.3, 0.4) is 0 Å². The molecule has 1 aliphatic carbocycles. The number of fused-ring (bicyclic) bond motifs is 1. The van der Waals surface area contributed by atoms with Gasteiger partial charge in [0.15, 0.2) is 11.3 Å². The van der Waals surface area contributed by atoms with Crippen molar-refractivity contribution >= 4 is 11.0 Å². The number of nitrogens with zero attached hydrogens (tertiary/aromatic N) is 4. The molecule has 0 radical (unpaired) electrons. The Bertz CT molecular complexity index is 1030. The normalized spacial score (nSPS) is 19.5. The molecule has 0 amide bonds. The van der Waals surface area contributed by atoms with Crippen LogP contribution in [-0.2, 0) is 0 Å². The molecular formula is C18H13F3N4O2. The number of aromatic nitrogens is 3. The molecule has 4 rings (SSSR count). The number of halogens is 3. The lowest BCUT2D eigenvalue weighted by atomic mass is 9.77. The second-order valence-electron chi connectivity index (χ2n) is 6.33. The molecule has 1 saturated carbocycles. The molecule has 2 aromatic heterocycles. The van der Waals surface area contributed by atoms with E-state index >= 15 is 0 Å². The maximum atomic E-state index is 12.3. The molecule has 0 spiro atoms. The molecule has 0 bridgehead atoms. The summed E-state index contributed by atoms with van der Waals surface area (Å²) < 4.78 is 42.2. The summed E-state index contributed by atoms with van der Waals surface area (Å²) in [6.07, 6.45) is -2.29. The number of aliphatic hydroxyl groups excluding tert-OH is 1. The van der Waals surface area contributed by atoms with Crippen molar-refractivity contribution in [2.24, 2.45) is 0 Å². The molecule has 6 nitrogen and oxygen atoms in total. The zero-order chi connectivity index (χ0) is 19.2. The molecule has 1 aromatic carbocycles. The highest BCUT2D eigenvalue weighted by Gasteiger charge is 2.32. The second-order valence-corrected chi connectivity index (χ2v) is 6.33. The van der Waals surface area contributed by atoms with E-state index in [2.05, 4.69) is 14.8 Å². The summed E-state index contributed by atoms with van der Waals surface area (Å²) >= 11 is 0. The fourth-order valence-electron chi connectivity index (χ4n) is 3.29. The van der Waals surface area contributed by atoms with Gasteiger partial charge in [0, 0.05) is 6.20 Å². The van der Waals surface area contributed by atoms with Crippen LogP contribution in [0, 0.1) is 11.3 Å². The van der Waals surface area contributed by atoms with E-state index in [0.717, 1.165) is 5.56 Å². The molecule has 27 heavy (non-hydrogen) atoms. The Hall–Kier alpha value is -3.12. The van der Waals surface area contributed by atoms with Gasteiger partial charge >= 0.3 is 6.36 Å². The first kappa shape index (κ1) is 17.3. The molecule has 9 heteroatoms. The predicted octanol–water partition coefficient (Wildman–Crippen LogP) is 3.43. The Morgan fingerprint density at radius 3 is 2.48 bits per heavy atom. The van der Waals surface area contributed by atoms with Crippen LogP contribution in [0.25, 0.3) is 16.7 Å². The molecule has 0 atom stereocenters. The van der Waals surface area contributed by atoms with Crippen LogP contribution in [0.2, 0.25) is 0 Å². The summed E-state index contributed by atoms with van der Waals surface area (Å²) in [4.78, 5) is 4.30. The summed E-state index contributed by atoms with van der Waals surface area (Å²) in [6, 6.07) is 9.04. The number of hydrogen-bond donors (Lipinski definition) is 1. The molecule has 0 unspecified atom stereocenters. The van der Waals surface area contributed by atoms with E-state index in [0.29, 0.717) is 29.6 Å². The number of alkyl halides is 3. The Labute approximate surface area is 151 Å². The maximum absolute atomic E-state index is 12.3. The van der Waals surface area contributed by atoms with Crippen molar-refractivity contribution < 1.29 is 23.0 Å². The summed E-state index contributed by atoms with van der Waals surface area (Å²) in [6.45, 7) is 0. The van der Waals surface area contributed by atoms with E-state index in [4.69, 9.17) is 0 Å². The largest absolute Gasteiger partial charge is 0.573 e. The van der Waals surface area contributed by atoms with Gasteiger partial charge in [-0.05, 0) is 54.7 Å². The number of nitriles is 1. The van der Waals surface area contributed by atoms with Crippen molar-refractivity contribution in [3.63, 3.8) is 0 Å². The summed E-state index contributed by atoms with van der Waals surface area (Å²) in [7, 11) is 0. The molecule has 138 valence electrons. The fraction of sp³-hybridized carbons (Fsp3) is 0.278. The van der Waals surface area contributed by atoms with Crippen LogP contribution >= 0.6 is 0 Å². The highest BCUT2D eigenvalue weighted by Crippen LogP contribution is 2.40. The van der Waals surface area contributed by atoms with E-state index in [9.17, 15) is 23.5 Å². The number of pyridine rings is 1. The van der Waals surface area contributed by atoms with Crippen molar-refractivity contribution in [2.75, 3.05) is 0 Å². The standard InChI is InChI=1S/C18H13F3N4O2/c19-18(20,21)27-13-3-1-11(2-4-13)25-17-16(15(9-22)24-25)14(5-6-23-17)10-7-12(26)8-10/h1-6,10,12,26H,7-8H2/t10-,12+. The SMILES string of the molecule is N#Cc1nn(-c2ccc(OC(F)(F)F)cc2)c2nccc([C@H]3C[C@@H](O)C3)c12. The Morgan fingerprint density at radius 2 is 1.89 bits per heavy atom. The highest BCUT2D eigenvalue weighted by molar-refractivity contribution is 5.86. The Balaban J connectivity index is 1.77. The van der Waals surface area contributed by atoms with Gasteiger partial charge in [0.2, 0.25) is 0 Å². The molecule has 0 saturated heterocycles. The van der Waals surface area contributed by atoms with E-state index in [1.807, 2.05) is 12.1 Å². The van der Waals surface area contributed by atoms with Gasteiger partial charge in [-0.3, -0.25) is 0 Å². The third-order valence-corrected chi connectivity index (χ3v) is 4.57. The number of aliphatic hydroxyl groups is 1. The van der Waals surface area contributed by atoms with Crippen molar-refractivity contribution in [1.29, 1.82) is 5.26 Å². The zero-order valence-corrected chi connectivity index (χ0v) is 13.8. The van der Waals surface area contributed by atoms with E-state index in [1.54, 1.807) is 6.20 Å².